The molecule has 4 nitrogen and oxygen atoms in total. The lowest BCUT2D eigenvalue weighted by atomic mass is 10.1. The Morgan fingerprint density at radius 3 is 2.57 bits per heavy atom. The largest absolute Gasteiger partial charge is 0.313 e. The normalized spacial score (nSPS) is 20.5. The molecule has 1 aliphatic rings. The second kappa shape index (κ2) is 6.07. The van der Waals surface area contributed by atoms with Gasteiger partial charge in [-0.3, -0.25) is 0 Å². The van der Waals surface area contributed by atoms with Crippen LogP contribution in [0.15, 0.2) is 23.1 Å². The molecule has 1 unspecified atom stereocenters. The van der Waals surface area contributed by atoms with Crippen molar-refractivity contribution >= 4 is 10.0 Å². The van der Waals surface area contributed by atoms with Gasteiger partial charge in [-0.25, -0.2) is 13.1 Å². The van der Waals surface area contributed by atoms with Crippen molar-refractivity contribution in [3.05, 3.63) is 29.3 Å². The molecular weight excluding hydrogens is 284 g/mol. The van der Waals surface area contributed by atoms with Crippen LogP contribution in [0.1, 0.15) is 38.3 Å². The van der Waals surface area contributed by atoms with Crippen molar-refractivity contribution < 1.29 is 8.42 Å². The lowest BCUT2D eigenvalue weighted by Gasteiger charge is -2.13. The Morgan fingerprint density at radius 2 is 2.00 bits per heavy atom. The average Bonchev–Trinajstić information content (AvgIpc) is 3.03. The molecule has 2 rings (SSSR count). The van der Waals surface area contributed by atoms with Gasteiger partial charge in [0, 0.05) is 13.1 Å². The van der Waals surface area contributed by atoms with Crippen LogP contribution in [0.4, 0.5) is 0 Å². The second-order valence-electron chi connectivity index (χ2n) is 6.56. The van der Waals surface area contributed by atoms with Crippen LogP contribution in [0.25, 0.3) is 0 Å². The predicted octanol–water partition coefficient (Wildman–Crippen LogP) is 2.43. The summed E-state index contributed by atoms with van der Waals surface area (Å²) < 4.78 is 27.8. The molecule has 0 saturated heterocycles. The van der Waals surface area contributed by atoms with Gasteiger partial charge in [-0.2, -0.15) is 0 Å². The number of rotatable bonds is 7. The lowest BCUT2D eigenvalue weighted by molar-refractivity contribution is 0.537. The van der Waals surface area contributed by atoms with Gasteiger partial charge in [-0.05, 0) is 48.4 Å². The molecule has 1 aromatic rings. The quantitative estimate of drug-likeness (QED) is 0.813. The monoisotopic (exact) mass is 310 g/mol. The Kier molecular flexibility index (Phi) is 4.76. The molecule has 2 N–H and O–H groups in total. The molecule has 0 radical (unpaired) electrons. The average molecular weight is 310 g/mol. The zero-order valence-electron chi connectivity index (χ0n) is 13.4. The van der Waals surface area contributed by atoms with E-state index < -0.39 is 10.0 Å². The first kappa shape index (κ1) is 16.5. The van der Waals surface area contributed by atoms with E-state index in [9.17, 15) is 8.42 Å². The number of hydrogen-bond donors (Lipinski definition) is 2. The third-order valence-electron chi connectivity index (χ3n) is 4.49. The van der Waals surface area contributed by atoms with Crippen molar-refractivity contribution in [3.63, 3.8) is 0 Å². The molecular formula is C16H26N2O2S. The van der Waals surface area contributed by atoms with Crippen LogP contribution in [-0.2, 0) is 16.6 Å². The zero-order valence-corrected chi connectivity index (χ0v) is 14.2. The van der Waals surface area contributed by atoms with Crippen LogP contribution in [0.5, 0.6) is 0 Å². The molecule has 0 bridgehead atoms. The Balaban J connectivity index is 2.12. The van der Waals surface area contributed by atoms with E-state index in [1.165, 1.54) is 0 Å². The minimum Gasteiger partial charge on any atom is -0.313 e. The topological polar surface area (TPSA) is 58.2 Å². The van der Waals surface area contributed by atoms with E-state index in [1.54, 1.807) is 6.07 Å². The van der Waals surface area contributed by atoms with E-state index in [1.807, 2.05) is 26.0 Å². The summed E-state index contributed by atoms with van der Waals surface area (Å²) in [5.41, 5.74) is 2.15. The molecule has 1 saturated carbocycles. The van der Waals surface area contributed by atoms with Gasteiger partial charge in [0.2, 0.25) is 10.0 Å². The van der Waals surface area contributed by atoms with Gasteiger partial charge >= 0.3 is 0 Å². The van der Waals surface area contributed by atoms with E-state index >= 15 is 0 Å². The minimum atomic E-state index is -3.42. The van der Waals surface area contributed by atoms with Gasteiger partial charge in [-0.15, -0.1) is 0 Å². The fraction of sp³-hybridized carbons (Fsp3) is 0.625. The first-order valence-electron chi connectivity index (χ1n) is 7.57. The smallest absolute Gasteiger partial charge is 0.240 e. The minimum absolute atomic E-state index is 0.282. The summed E-state index contributed by atoms with van der Waals surface area (Å²) in [6.07, 6.45) is 1.09. The van der Waals surface area contributed by atoms with Crippen LogP contribution in [0.3, 0.4) is 0 Å². The van der Waals surface area contributed by atoms with Gasteiger partial charge in [-0.1, -0.05) is 32.9 Å². The Hall–Kier alpha value is -0.910. The molecule has 21 heavy (non-hydrogen) atoms. The van der Waals surface area contributed by atoms with Gasteiger partial charge in [0.25, 0.3) is 0 Å². The number of nitrogens with one attached hydrogen (secondary N) is 2. The Morgan fingerprint density at radius 1 is 1.33 bits per heavy atom. The van der Waals surface area contributed by atoms with Gasteiger partial charge in [0.15, 0.2) is 0 Å². The number of benzene rings is 1. The summed E-state index contributed by atoms with van der Waals surface area (Å²) >= 11 is 0. The molecule has 1 aromatic carbocycles. The standard InChI is InChI=1S/C16H26N2O2S/c1-5-17-10-13-7-6-8-15(12(13)2)21(19,20)18-11-14-9-16(14,3)4/h6-8,14,17-18H,5,9-11H2,1-4H3. The third-order valence-corrected chi connectivity index (χ3v) is 6.06. The van der Waals surface area contributed by atoms with Crippen LogP contribution in [-0.4, -0.2) is 21.5 Å². The Labute approximate surface area is 128 Å². The Bertz CT molecular complexity index is 609. The summed E-state index contributed by atoms with van der Waals surface area (Å²) in [7, 11) is -3.42. The zero-order chi connectivity index (χ0) is 15.7. The van der Waals surface area contributed by atoms with Crippen LogP contribution in [0, 0.1) is 18.3 Å². The van der Waals surface area contributed by atoms with E-state index in [2.05, 4.69) is 23.9 Å². The molecule has 1 atom stereocenters. The first-order valence-corrected chi connectivity index (χ1v) is 9.05. The summed E-state index contributed by atoms with van der Waals surface area (Å²) in [6, 6.07) is 5.47. The first-order chi connectivity index (χ1) is 9.78. The number of hydrogen-bond acceptors (Lipinski definition) is 3. The summed E-state index contributed by atoms with van der Waals surface area (Å²) in [5, 5.41) is 3.24. The highest BCUT2D eigenvalue weighted by molar-refractivity contribution is 7.89. The molecule has 0 aromatic heterocycles. The van der Waals surface area contributed by atoms with Crippen LogP contribution in [0.2, 0.25) is 0 Å². The molecule has 118 valence electrons. The van der Waals surface area contributed by atoms with Crippen molar-refractivity contribution in [2.24, 2.45) is 11.3 Å². The lowest BCUT2D eigenvalue weighted by Crippen LogP contribution is -2.28. The van der Waals surface area contributed by atoms with Crippen molar-refractivity contribution in [1.29, 1.82) is 0 Å². The molecule has 5 heteroatoms. The summed E-state index contributed by atoms with van der Waals surface area (Å²) in [6.45, 7) is 10.4. The highest BCUT2D eigenvalue weighted by atomic mass is 32.2. The van der Waals surface area contributed by atoms with Crippen LogP contribution >= 0.6 is 0 Å². The highest BCUT2D eigenvalue weighted by Gasteiger charge is 2.45. The maximum absolute atomic E-state index is 12.5. The third kappa shape index (κ3) is 3.84. The molecule has 1 aliphatic carbocycles. The predicted molar refractivity (Wildman–Crippen MR) is 85.6 cm³/mol. The maximum Gasteiger partial charge on any atom is 0.240 e. The van der Waals surface area contributed by atoms with Gasteiger partial charge < -0.3 is 5.32 Å². The van der Waals surface area contributed by atoms with Crippen molar-refractivity contribution in [2.45, 2.75) is 45.6 Å². The van der Waals surface area contributed by atoms with Crippen molar-refractivity contribution in [3.8, 4) is 0 Å². The van der Waals surface area contributed by atoms with E-state index in [-0.39, 0.29) is 5.41 Å². The molecule has 0 spiro atoms. The van der Waals surface area contributed by atoms with E-state index in [0.717, 1.165) is 24.1 Å². The second-order valence-corrected chi connectivity index (χ2v) is 8.30. The van der Waals surface area contributed by atoms with Crippen LogP contribution < -0.4 is 10.0 Å². The maximum atomic E-state index is 12.5. The molecule has 0 heterocycles. The SMILES string of the molecule is CCNCc1cccc(S(=O)(=O)NCC2CC2(C)C)c1C. The molecule has 1 fully saturated rings. The van der Waals surface area contributed by atoms with Gasteiger partial charge in [0.05, 0.1) is 4.90 Å². The summed E-state index contributed by atoms with van der Waals surface area (Å²) in [4.78, 5) is 0.399. The van der Waals surface area contributed by atoms with Crippen molar-refractivity contribution in [1.82, 2.24) is 10.0 Å². The molecule has 0 amide bonds. The summed E-state index contributed by atoms with van der Waals surface area (Å²) in [5.74, 6) is 0.456. The van der Waals surface area contributed by atoms with Gasteiger partial charge in [0.1, 0.15) is 0 Å². The van der Waals surface area contributed by atoms with E-state index in [4.69, 9.17) is 0 Å². The highest BCUT2D eigenvalue weighted by Crippen LogP contribution is 2.51. The van der Waals surface area contributed by atoms with E-state index in [0.29, 0.717) is 23.9 Å². The molecule has 0 aliphatic heterocycles. The van der Waals surface area contributed by atoms with Crippen molar-refractivity contribution in [2.75, 3.05) is 13.1 Å². The fourth-order valence-corrected chi connectivity index (χ4v) is 3.98. The fourth-order valence-electron chi connectivity index (χ4n) is 2.61. The number of sulfonamides is 1.